The van der Waals surface area contributed by atoms with Gasteiger partial charge in [0.05, 0.1) is 26.3 Å². The molecule has 0 heterocycles. The number of carbonyl (C=O) groups excluding carboxylic acids is 1. The Labute approximate surface area is 93.4 Å². The van der Waals surface area contributed by atoms with E-state index in [0.29, 0.717) is 0 Å². The number of methoxy groups -OCH3 is 2. The zero-order valence-corrected chi connectivity index (χ0v) is 9.46. The predicted octanol–water partition coefficient (Wildman–Crippen LogP) is 1.25. The van der Waals surface area contributed by atoms with Crippen LogP contribution in [0.5, 0.6) is 11.5 Å². The van der Waals surface area contributed by atoms with Gasteiger partial charge in [-0.15, -0.1) is 0 Å². The van der Waals surface area contributed by atoms with Crippen LogP contribution < -0.4 is 14.8 Å². The molecule has 1 rings (SSSR count). The van der Waals surface area contributed by atoms with E-state index in [2.05, 4.69) is 5.32 Å². The summed E-state index contributed by atoms with van der Waals surface area (Å²) in [6.07, 6.45) is 0. The summed E-state index contributed by atoms with van der Waals surface area (Å²) in [4.78, 5) is 11.6. The van der Waals surface area contributed by atoms with Crippen molar-refractivity contribution in [2.45, 2.75) is 0 Å². The van der Waals surface area contributed by atoms with Crippen molar-refractivity contribution < 1.29 is 18.7 Å². The number of hydrogen-bond donors (Lipinski definition) is 1. The first-order valence-electron chi connectivity index (χ1n) is 4.74. The van der Waals surface area contributed by atoms with Crippen LogP contribution in [0.3, 0.4) is 0 Å². The lowest BCUT2D eigenvalue weighted by molar-refractivity contribution is 0.0989. The molecule has 0 spiro atoms. The van der Waals surface area contributed by atoms with E-state index in [1.165, 1.54) is 26.4 Å². The van der Waals surface area contributed by atoms with Gasteiger partial charge in [-0.2, -0.15) is 4.39 Å². The van der Waals surface area contributed by atoms with Gasteiger partial charge in [0.2, 0.25) is 5.82 Å². The van der Waals surface area contributed by atoms with E-state index in [4.69, 9.17) is 9.47 Å². The zero-order chi connectivity index (χ0) is 12.1. The molecule has 0 aliphatic carbocycles. The Bertz CT molecular complexity index is 393. The third-order valence-electron chi connectivity index (χ3n) is 2.12. The van der Waals surface area contributed by atoms with Crippen molar-refractivity contribution in [3.63, 3.8) is 0 Å². The van der Waals surface area contributed by atoms with Gasteiger partial charge < -0.3 is 14.8 Å². The molecule has 0 aromatic heterocycles. The summed E-state index contributed by atoms with van der Waals surface area (Å²) < 4.78 is 23.4. The largest absolute Gasteiger partial charge is 0.494 e. The van der Waals surface area contributed by atoms with Crippen LogP contribution in [-0.4, -0.2) is 33.6 Å². The number of ketones is 1. The van der Waals surface area contributed by atoms with Crippen molar-refractivity contribution in [2.24, 2.45) is 0 Å². The first-order valence-corrected chi connectivity index (χ1v) is 4.74. The Balaban J connectivity index is 3.20. The molecule has 0 radical (unpaired) electrons. The molecule has 0 aliphatic rings. The van der Waals surface area contributed by atoms with Crippen molar-refractivity contribution in [3.8, 4) is 11.5 Å². The molecule has 4 nitrogen and oxygen atoms in total. The molecular weight excluding hydrogens is 213 g/mol. The number of hydrogen-bond acceptors (Lipinski definition) is 4. The van der Waals surface area contributed by atoms with Crippen molar-refractivity contribution >= 4 is 5.78 Å². The van der Waals surface area contributed by atoms with Crippen molar-refractivity contribution in [1.82, 2.24) is 5.32 Å². The van der Waals surface area contributed by atoms with Gasteiger partial charge in [-0.05, 0) is 19.2 Å². The van der Waals surface area contributed by atoms with E-state index < -0.39 is 5.82 Å². The number of likely N-dealkylation sites (N-methyl/N-ethyl adjacent to an activating group) is 1. The lowest BCUT2D eigenvalue weighted by atomic mass is 10.1. The number of benzene rings is 1. The summed E-state index contributed by atoms with van der Waals surface area (Å²) in [6.45, 7) is 0.127. The molecule has 1 aromatic carbocycles. The van der Waals surface area contributed by atoms with Gasteiger partial charge in [-0.1, -0.05) is 0 Å². The van der Waals surface area contributed by atoms with E-state index >= 15 is 0 Å². The maximum absolute atomic E-state index is 13.7. The molecule has 0 bridgehead atoms. The first-order chi connectivity index (χ1) is 7.65. The fourth-order valence-electron chi connectivity index (χ4n) is 1.37. The van der Waals surface area contributed by atoms with E-state index in [1.54, 1.807) is 7.05 Å². The number of ether oxygens (including phenoxy) is 2. The monoisotopic (exact) mass is 227 g/mol. The van der Waals surface area contributed by atoms with E-state index in [-0.39, 0.29) is 29.4 Å². The van der Waals surface area contributed by atoms with Gasteiger partial charge >= 0.3 is 0 Å². The van der Waals surface area contributed by atoms with E-state index in [9.17, 15) is 9.18 Å². The first kappa shape index (κ1) is 12.4. The Morgan fingerprint density at radius 3 is 2.56 bits per heavy atom. The third-order valence-corrected chi connectivity index (χ3v) is 2.12. The highest BCUT2D eigenvalue weighted by Crippen LogP contribution is 2.30. The molecule has 0 amide bonds. The molecular formula is C11H14FNO3. The standard InChI is InChI=1S/C11H14FNO3/c1-13-6-8(14)7-4-5-9(15-2)10(12)11(7)16-3/h4-5,13H,6H2,1-3H3. The van der Waals surface area contributed by atoms with Crippen LogP contribution in [0.25, 0.3) is 0 Å². The van der Waals surface area contributed by atoms with Crippen LogP contribution in [0, 0.1) is 5.82 Å². The second-order valence-electron chi connectivity index (χ2n) is 3.12. The lowest BCUT2D eigenvalue weighted by Crippen LogP contribution is -2.19. The summed E-state index contributed by atoms with van der Waals surface area (Å²) in [5.41, 5.74) is 0.204. The quantitative estimate of drug-likeness (QED) is 0.769. The zero-order valence-electron chi connectivity index (χ0n) is 9.46. The maximum atomic E-state index is 13.7. The minimum absolute atomic E-state index is 0.0536. The van der Waals surface area contributed by atoms with Crippen molar-refractivity contribution in [1.29, 1.82) is 0 Å². The smallest absolute Gasteiger partial charge is 0.207 e. The van der Waals surface area contributed by atoms with Gasteiger partial charge in [0.25, 0.3) is 0 Å². The highest BCUT2D eigenvalue weighted by Gasteiger charge is 2.18. The molecule has 0 atom stereocenters. The molecule has 0 saturated heterocycles. The number of Topliss-reactive ketones (excluding diaryl/α,β-unsaturated/α-hetero) is 1. The number of rotatable bonds is 5. The van der Waals surface area contributed by atoms with Crippen LogP contribution in [-0.2, 0) is 0 Å². The van der Waals surface area contributed by atoms with Crippen LogP contribution in [0.4, 0.5) is 4.39 Å². The SMILES string of the molecule is CNCC(=O)c1ccc(OC)c(F)c1OC. The van der Waals surface area contributed by atoms with Crippen LogP contribution in [0.1, 0.15) is 10.4 Å². The summed E-state index contributed by atoms with van der Waals surface area (Å²) in [7, 11) is 4.31. The third kappa shape index (κ3) is 2.30. The highest BCUT2D eigenvalue weighted by atomic mass is 19.1. The summed E-state index contributed by atoms with van der Waals surface area (Å²) in [6, 6.07) is 2.89. The molecule has 1 N–H and O–H groups in total. The maximum Gasteiger partial charge on any atom is 0.207 e. The Morgan fingerprint density at radius 1 is 1.38 bits per heavy atom. The molecule has 0 saturated carbocycles. The lowest BCUT2D eigenvalue weighted by Gasteiger charge is -2.11. The van der Waals surface area contributed by atoms with Gasteiger partial charge in [0.15, 0.2) is 17.3 Å². The highest BCUT2D eigenvalue weighted by molar-refractivity contribution is 6.00. The Morgan fingerprint density at radius 2 is 2.06 bits per heavy atom. The second kappa shape index (κ2) is 5.46. The minimum Gasteiger partial charge on any atom is -0.494 e. The average Bonchev–Trinajstić information content (AvgIpc) is 2.28. The van der Waals surface area contributed by atoms with Gasteiger partial charge in [0, 0.05) is 0 Å². The predicted molar refractivity (Wildman–Crippen MR) is 57.8 cm³/mol. The molecule has 16 heavy (non-hydrogen) atoms. The summed E-state index contributed by atoms with van der Waals surface area (Å²) in [5.74, 6) is -0.926. The topological polar surface area (TPSA) is 47.6 Å². The second-order valence-corrected chi connectivity index (χ2v) is 3.12. The molecule has 0 unspecified atom stereocenters. The molecule has 0 fully saturated rings. The average molecular weight is 227 g/mol. The van der Waals surface area contributed by atoms with E-state index in [1.807, 2.05) is 0 Å². The number of carbonyl (C=O) groups is 1. The Kier molecular flexibility index (Phi) is 4.25. The summed E-state index contributed by atoms with van der Waals surface area (Å²) >= 11 is 0. The fraction of sp³-hybridized carbons (Fsp3) is 0.364. The minimum atomic E-state index is -0.660. The molecule has 1 aromatic rings. The molecule has 0 aliphatic heterocycles. The van der Waals surface area contributed by atoms with Crippen LogP contribution in [0.15, 0.2) is 12.1 Å². The number of halogens is 1. The van der Waals surface area contributed by atoms with Gasteiger partial charge in [0.1, 0.15) is 0 Å². The van der Waals surface area contributed by atoms with Crippen LogP contribution >= 0.6 is 0 Å². The van der Waals surface area contributed by atoms with Crippen LogP contribution in [0.2, 0.25) is 0 Å². The number of nitrogens with one attached hydrogen (secondary N) is 1. The van der Waals surface area contributed by atoms with Gasteiger partial charge in [-0.3, -0.25) is 4.79 Å². The van der Waals surface area contributed by atoms with Crippen molar-refractivity contribution in [2.75, 3.05) is 27.8 Å². The van der Waals surface area contributed by atoms with Crippen molar-refractivity contribution in [3.05, 3.63) is 23.5 Å². The summed E-state index contributed by atoms with van der Waals surface area (Å²) in [5, 5.41) is 2.71. The fourth-order valence-corrected chi connectivity index (χ4v) is 1.37. The van der Waals surface area contributed by atoms with E-state index in [0.717, 1.165) is 0 Å². The normalized spacial score (nSPS) is 10.0. The molecule has 5 heteroatoms. The Hall–Kier alpha value is -1.62. The molecule has 88 valence electrons. The van der Waals surface area contributed by atoms with Gasteiger partial charge in [-0.25, -0.2) is 0 Å².